The van der Waals surface area contributed by atoms with Crippen LogP contribution in [0.1, 0.15) is 24.0 Å². The number of para-hydroxylation sites is 1. The lowest BCUT2D eigenvalue weighted by molar-refractivity contribution is 0.206. The molecule has 0 aliphatic heterocycles. The van der Waals surface area contributed by atoms with Crippen LogP contribution in [0.2, 0.25) is 0 Å². The molecule has 26 heavy (non-hydrogen) atoms. The maximum absolute atomic E-state index is 12.8. The number of carbonyl (C=O) groups excluding carboxylic acids is 1. The van der Waals surface area contributed by atoms with E-state index in [0.717, 1.165) is 29.7 Å². The van der Waals surface area contributed by atoms with E-state index in [1.54, 1.807) is 17.1 Å². The Kier molecular flexibility index (Phi) is 4.39. The lowest BCUT2D eigenvalue weighted by atomic mass is 10.2. The molecule has 1 N–H and O–H groups in total. The van der Waals surface area contributed by atoms with Crippen molar-refractivity contribution in [3.63, 3.8) is 0 Å². The van der Waals surface area contributed by atoms with Crippen LogP contribution < -0.4 is 5.32 Å². The molecule has 0 atom stereocenters. The molecule has 2 aromatic heterocycles. The van der Waals surface area contributed by atoms with Gasteiger partial charge in [0.05, 0.1) is 5.69 Å². The number of nitrogens with one attached hydrogen (secondary N) is 1. The van der Waals surface area contributed by atoms with Gasteiger partial charge in [0, 0.05) is 36.7 Å². The zero-order chi connectivity index (χ0) is 17.9. The molecule has 2 heterocycles. The number of rotatable bonds is 5. The third-order valence-corrected chi connectivity index (χ3v) is 4.49. The van der Waals surface area contributed by atoms with Gasteiger partial charge in [0.1, 0.15) is 0 Å². The van der Waals surface area contributed by atoms with Crippen molar-refractivity contribution >= 4 is 11.8 Å². The minimum absolute atomic E-state index is 0.106. The SMILES string of the molecule is Cc1cn(-c2ccccc2)nc1NC(=O)N(Cc1ccncc1)C1CC1. The summed E-state index contributed by atoms with van der Waals surface area (Å²) in [5.74, 6) is 0.597. The average Bonchev–Trinajstić information content (AvgIpc) is 3.45. The van der Waals surface area contributed by atoms with E-state index in [1.807, 2.05) is 60.5 Å². The molecular formula is C20H21N5O. The standard InChI is InChI=1S/C20H21N5O/c1-15-13-25(18-5-3-2-4-6-18)23-19(15)22-20(26)24(17-7-8-17)14-16-9-11-21-12-10-16/h2-6,9-13,17H,7-8,14H2,1H3,(H,22,23,26). The number of hydrogen-bond donors (Lipinski definition) is 1. The zero-order valence-electron chi connectivity index (χ0n) is 14.7. The van der Waals surface area contributed by atoms with Crippen LogP contribution >= 0.6 is 0 Å². The Morgan fingerprint density at radius 1 is 1.19 bits per heavy atom. The number of hydrogen-bond acceptors (Lipinski definition) is 3. The van der Waals surface area contributed by atoms with Gasteiger partial charge in [-0.1, -0.05) is 18.2 Å². The number of pyridine rings is 1. The van der Waals surface area contributed by atoms with Crippen LogP contribution in [0.25, 0.3) is 5.69 Å². The van der Waals surface area contributed by atoms with Crippen molar-refractivity contribution in [2.45, 2.75) is 32.4 Å². The minimum atomic E-state index is -0.106. The number of urea groups is 1. The Labute approximate surface area is 152 Å². The van der Waals surface area contributed by atoms with E-state index in [2.05, 4.69) is 15.4 Å². The fourth-order valence-electron chi connectivity index (χ4n) is 2.91. The second-order valence-electron chi connectivity index (χ2n) is 6.59. The molecule has 1 aliphatic rings. The van der Waals surface area contributed by atoms with Crippen LogP contribution in [0.4, 0.5) is 10.6 Å². The van der Waals surface area contributed by atoms with E-state index >= 15 is 0 Å². The van der Waals surface area contributed by atoms with Crippen LogP contribution in [-0.2, 0) is 6.54 Å². The van der Waals surface area contributed by atoms with Crippen LogP contribution in [0, 0.1) is 6.92 Å². The highest BCUT2D eigenvalue weighted by atomic mass is 16.2. The maximum Gasteiger partial charge on any atom is 0.323 e. The number of aromatic nitrogens is 3. The average molecular weight is 347 g/mol. The summed E-state index contributed by atoms with van der Waals surface area (Å²) in [6.45, 7) is 2.53. The number of carbonyl (C=O) groups is 1. The number of benzene rings is 1. The predicted molar refractivity (Wildman–Crippen MR) is 100 cm³/mol. The van der Waals surface area contributed by atoms with E-state index in [9.17, 15) is 4.79 Å². The quantitative estimate of drug-likeness (QED) is 0.764. The monoisotopic (exact) mass is 347 g/mol. The molecule has 6 heteroatoms. The van der Waals surface area contributed by atoms with Gasteiger partial charge in [-0.05, 0) is 49.6 Å². The van der Waals surface area contributed by atoms with E-state index in [4.69, 9.17) is 0 Å². The van der Waals surface area contributed by atoms with Crippen molar-refractivity contribution < 1.29 is 4.79 Å². The third kappa shape index (κ3) is 3.59. The Hall–Kier alpha value is -3.15. The summed E-state index contributed by atoms with van der Waals surface area (Å²) in [5, 5.41) is 7.52. The first-order valence-electron chi connectivity index (χ1n) is 8.79. The maximum atomic E-state index is 12.8. The van der Waals surface area contributed by atoms with Crippen LogP contribution in [0.15, 0.2) is 61.1 Å². The Balaban J connectivity index is 1.50. The van der Waals surface area contributed by atoms with Gasteiger partial charge in [-0.2, -0.15) is 0 Å². The molecule has 4 rings (SSSR count). The van der Waals surface area contributed by atoms with E-state index in [1.165, 1.54) is 0 Å². The van der Waals surface area contributed by atoms with Crippen molar-refractivity contribution in [1.82, 2.24) is 19.7 Å². The highest BCUT2D eigenvalue weighted by Gasteiger charge is 2.33. The normalized spacial score (nSPS) is 13.4. The molecule has 1 aromatic carbocycles. The van der Waals surface area contributed by atoms with Gasteiger partial charge in [-0.25, -0.2) is 9.48 Å². The number of nitrogens with zero attached hydrogens (tertiary/aromatic N) is 4. The first-order chi connectivity index (χ1) is 12.7. The van der Waals surface area contributed by atoms with Crippen molar-refractivity contribution in [1.29, 1.82) is 0 Å². The molecule has 2 amide bonds. The van der Waals surface area contributed by atoms with Gasteiger partial charge < -0.3 is 4.90 Å². The number of anilines is 1. The molecule has 3 aromatic rings. The summed E-state index contributed by atoms with van der Waals surface area (Å²) >= 11 is 0. The van der Waals surface area contributed by atoms with Crippen molar-refractivity contribution in [2.75, 3.05) is 5.32 Å². The second kappa shape index (κ2) is 7.00. The second-order valence-corrected chi connectivity index (χ2v) is 6.59. The van der Waals surface area contributed by atoms with Gasteiger partial charge in [0.2, 0.25) is 0 Å². The number of amides is 2. The molecular weight excluding hydrogens is 326 g/mol. The summed E-state index contributed by atoms with van der Waals surface area (Å²) in [7, 11) is 0. The predicted octanol–water partition coefficient (Wildman–Crippen LogP) is 3.77. The smallest absolute Gasteiger partial charge is 0.317 e. The minimum Gasteiger partial charge on any atom is -0.317 e. The molecule has 1 fully saturated rings. The Morgan fingerprint density at radius 2 is 1.92 bits per heavy atom. The Morgan fingerprint density at radius 3 is 2.62 bits per heavy atom. The lowest BCUT2D eigenvalue weighted by Gasteiger charge is -2.22. The molecule has 132 valence electrons. The molecule has 0 unspecified atom stereocenters. The largest absolute Gasteiger partial charge is 0.323 e. The van der Waals surface area contributed by atoms with Gasteiger partial charge in [0.15, 0.2) is 5.82 Å². The zero-order valence-corrected chi connectivity index (χ0v) is 14.7. The van der Waals surface area contributed by atoms with Crippen molar-refractivity contribution in [3.05, 3.63) is 72.2 Å². The molecule has 0 spiro atoms. The summed E-state index contributed by atoms with van der Waals surface area (Å²) in [6, 6.07) is 14.0. The van der Waals surface area contributed by atoms with Gasteiger partial charge >= 0.3 is 6.03 Å². The highest BCUT2D eigenvalue weighted by molar-refractivity contribution is 5.89. The third-order valence-electron chi connectivity index (χ3n) is 4.49. The molecule has 0 saturated heterocycles. The summed E-state index contributed by atoms with van der Waals surface area (Å²) < 4.78 is 1.79. The first-order valence-corrected chi connectivity index (χ1v) is 8.79. The van der Waals surface area contributed by atoms with Crippen LogP contribution in [-0.4, -0.2) is 31.7 Å². The van der Waals surface area contributed by atoms with Gasteiger partial charge in [-0.3, -0.25) is 10.3 Å². The first kappa shape index (κ1) is 16.3. The van der Waals surface area contributed by atoms with Gasteiger partial charge in [-0.15, -0.1) is 5.10 Å². The van der Waals surface area contributed by atoms with Crippen molar-refractivity contribution in [2.24, 2.45) is 0 Å². The molecule has 6 nitrogen and oxygen atoms in total. The molecule has 0 radical (unpaired) electrons. The van der Waals surface area contributed by atoms with E-state index < -0.39 is 0 Å². The van der Waals surface area contributed by atoms with Crippen LogP contribution in [0.3, 0.4) is 0 Å². The van der Waals surface area contributed by atoms with E-state index in [0.29, 0.717) is 18.4 Å². The fourth-order valence-corrected chi connectivity index (χ4v) is 2.91. The molecule has 1 saturated carbocycles. The molecule has 1 aliphatic carbocycles. The summed E-state index contributed by atoms with van der Waals surface area (Å²) in [4.78, 5) is 18.8. The highest BCUT2D eigenvalue weighted by Crippen LogP contribution is 2.29. The van der Waals surface area contributed by atoms with Crippen LogP contribution in [0.5, 0.6) is 0 Å². The Bertz CT molecular complexity index is 887. The van der Waals surface area contributed by atoms with E-state index in [-0.39, 0.29) is 6.03 Å². The topological polar surface area (TPSA) is 63.1 Å². The molecule has 0 bridgehead atoms. The van der Waals surface area contributed by atoms with Crippen molar-refractivity contribution in [3.8, 4) is 5.69 Å². The summed E-state index contributed by atoms with van der Waals surface area (Å²) in [5.41, 5.74) is 2.97. The lowest BCUT2D eigenvalue weighted by Crippen LogP contribution is -2.36. The number of aryl methyl sites for hydroxylation is 1. The summed E-state index contributed by atoms with van der Waals surface area (Å²) in [6.07, 6.45) is 7.54. The van der Waals surface area contributed by atoms with Gasteiger partial charge in [0.25, 0.3) is 0 Å². The fraction of sp³-hybridized carbons (Fsp3) is 0.250.